The largest absolute Gasteiger partial charge is 0.493 e. The van der Waals surface area contributed by atoms with Crippen molar-refractivity contribution in [2.24, 2.45) is 5.10 Å². The first-order chi connectivity index (χ1) is 14.4. The minimum Gasteiger partial charge on any atom is -0.493 e. The fraction of sp³-hybridized carbons (Fsp3) is 0.136. The van der Waals surface area contributed by atoms with Crippen LogP contribution in [0.1, 0.15) is 22.8 Å². The fourth-order valence-corrected chi connectivity index (χ4v) is 3.10. The number of carbonyl (C=O) groups is 2. The summed E-state index contributed by atoms with van der Waals surface area (Å²) in [5.74, 6) is 1.66. The molecule has 0 aromatic heterocycles. The second kappa shape index (κ2) is 8.72. The summed E-state index contributed by atoms with van der Waals surface area (Å²) in [6.07, 6.45) is 6.92. The van der Waals surface area contributed by atoms with Gasteiger partial charge in [-0.1, -0.05) is 29.7 Å². The summed E-state index contributed by atoms with van der Waals surface area (Å²) >= 11 is 5.92. The lowest BCUT2D eigenvalue weighted by atomic mass is 10.1. The van der Waals surface area contributed by atoms with Crippen molar-refractivity contribution in [3.8, 4) is 23.8 Å². The van der Waals surface area contributed by atoms with Crippen LogP contribution in [0, 0.1) is 12.3 Å². The molecule has 0 bridgehead atoms. The van der Waals surface area contributed by atoms with Crippen LogP contribution >= 0.6 is 11.6 Å². The Kier molecular flexibility index (Phi) is 6.09. The highest BCUT2D eigenvalue weighted by molar-refractivity contribution is 6.34. The van der Waals surface area contributed by atoms with E-state index in [1.807, 2.05) is 0 Å². The van der Waals surface area contributed by atoms with E-state index in [4.69, 9.17) is 27.5 Å². The number of methoxy groups -OCH3 is 1. The number of benzene rings is 2. The van der Waals surface area contributed by atoms with Crippen LogP contribution in [-0.4, -0.2) is 36.4 Å². The Bertz CT molecular complexity index is 1130. The Morgan fingerprint density at radius 2 is 2.13 bits per heavy atom. The lowest BCUT2D eigenvalue weighted by Gasteiger charge is -2.14. The van der Waals surface area contributed by atoms with Crippen molar-refractivity contribution in [2.45, 2.75) is 6.92 Å². The Morgan fingerprint density at radius 3 is 2.80 bits per heavy atom. The molecule has 3 rings (SSSR count). The first-order valence-corrected chi connectivity index (χ1v) is 9.13. The molecule has 2 aromatic carbocycles. The zero-order valence-electron chi connectivity index (χ0n) is 16.2. The van der Waals surface area contributed by atoms with Gasteiger partial charge < -0.3 is 14.6 Å². The van der Waals surface area contributed by atoms with E-state index in [0.717, 1.165) is 5.01 Å². The molecular formula is C22H17ClN2O5. The second-order valence-electron chi connectivity index (χ2n) is 6.20. The number of hydrazone groups is 1. The highest BCUT2D eigenvalue weighted by Gasteiger charge is 2.30. The fourth-order valence-electron chi connectivity index (χ4n) is 2.90. The average molecular weight is 425 g/mol. The van der Waals surface area contributed by atoms with Gasteiger partial charge in [-0.25, -0.2) is 4.79 Å². The third kappa shape index (κ3) is 4.00. The molecular weight excluding hydrogens is 408 g/mol. The Hall–Kier alpha value is -3.76. The monoisotopic (exact) mass is 424 g/mol. The molecule has 0 radical (unpaired) electrons. The minimum absolute atomic E-state index is 0.0342. The maximum atomic E-state index is 13.0. The summed E-state index contributed by atoms with van der Waals surface area (Å²) in [6.45, 7) is 1.71. The van der Waals surface area contributed by atoms with Gasteiger partial charge in [-0.05, 0) is 37.3 Å². The Morgan fingerprint density at radius 1 is 1.37 bits per heavy atom. The molecule has 0 fully saturated rings. The molecule has 1 aliphatic rings. The second-order valence-corrected chi connectivity index (χ2v) is 6.61. The van der Waals surface area contributed by atoms with Crippen LogP contribution in [0.3, 0.4) is 0 Å². The SMILES string of the molecule is C#CCOc1c(/C=C2\C(=O)N(c3ccc(Cl)c(C(=O)O)c3)N=C2C)cccc1OC. The number of aromatic carboxylic acids is 1. The normalized spacial score (nSPS) is 14.5. The Labute approximate surface area is 178 Å². The Balaban J connectivity index is 2.01. The number of amides is 1. The number of carboxylic acids is 1. The molecule has 0 atom stereocenters. The molecule has 30 heavy (non-hydrogen) atoms. The van der Waals surface area contributed by atoms with E-state index in [1.165, 1.54) is 25.3 Å². The summed E-state index contributed by atoms with van der Waals surface area (Å²) in [5, 5.41) is 14.7. The summed E-state index contributed by atoms with van der Waals surface area (Å²) in [5.41, 5.74) is 1.54. The topological polar surface area (TPSA) is 88.4 Å². The van der Waals surface area contributed by atoms with E-state index in [2.05, 4.69) is 11.0 Å². The van der Waals surface area contributed by atoms with Gasteiger partial charge in [-0.15, -0.1) is 6.42 Å². The van der Waals surface area contributed by atoms with Gasteiger partial charge in [-0.2, -0.15) is 10.1 Å². The lowest BCUT2D eigenvalue weighted by molar-refractivity contribution is -0.114. The van der Waals surface area contributed by atoms with Crippen LogP contribution in [0.4, 0.5) is 5.69 Å². The highest BCUT2D eigenvalue weighted by atomic mass is 35.5. The number of carbonyl (C=O) groups excluding carboxylic acids is 1. The number of ether oxygens (including phenoxy) is 2. The molecule has 0 spiro atoms. The van der Waals surface area contributed by atoms with Crippen LogP contribution in [0.15, 0.2) is 47.1 Å². The predicted molar refractivity (Wildman–Crippen MR) is 114 cm³/mol. The maximum absolute atomic E-state index is 13.0. The van der Waals surface area contributed by atoms with Crippen LogP contribution in [0.2, 0.25) is 5.02 Å². The van der Waals surface area contributed by atoms with E-state index in [9.17, 15) is 14.7 Å². The quantitative estimate of drug-likeness (QED) is 0.561. The van der Waals surface area contributed by atoms with Crippen molar-refractivity contribution < 1.29 is 24.2 Å². The molecule has 1 amide bonds. The standard InChI is InChI=1S/C22H17ClN2O5/c1-4-10-30-20-14(6-5-7-19(20)29-3)11-16-13(2)24-25(21(16)26)15-8-9-18(23)17(12-15)22(27)28/h1,5-9,11-12H,10H2,2-3H3,(H,27,28)/b16-11-. The van der Waals surface area contributed by atoms with Gasteiger partial charge in [0.1, 0.15) is 6.61 Å². The molecule has 0 saturated heterocycles. The van der Waals surface area contributed by atoms with Gasteiger partial charge in [0.15, 0.2) is 11.5 Å². The van der Waals surface area contributed by atoms with Crippen molar-refractivity contribution in [2.75, 3.05) is 18.7 Å². The third-order valence-corrected chi connectivity index (χ3v) is 4.65. The molecule has 1 heterocycles. The van der Waals surface area contributed by atoms with Gasteiger partial charge in [0.05, 0.1) is 34.7 Å². The number of terminal acetylenes is 1. The van der Waals surface area contributed by atoms with Gasteiger partial charge in [0, 0.05) is 5.56 Å². The van der Waals surface area contributed by atoms with Crippen molar-refractivity contribution in [3.05, 3.63) is 58.1 Å². The summed E-state index contributed by atoms with van der Waals surface area (Å²) in [4.78, 5) is 24.4. The molecule has 2 aromatic rings. The minimum atomic E-state index is -1.20. The van der Waals surface area contributed by atoms with Crippen molar-refractivity contribution in [1.82, 2.24) is 0 Å². The van der Waals surface area contributed by atoms with Gasteiger partial charge >= 0.3 is 5.97 Å². The molecule has 0 aliphatic carbocycles. The number of hydrogen-bond acceptors (Lipinski definition) is 5. The molecule has 1 aliphatic heterocycles. The molecule has 8 heteroatoms. The van der Waals surface area contributed by atoms with Crippen LogP contribution < -0.4 is 14.5 Å². The highest BCUT2D eigenvalue weighted by Crippen LogP contribution is 2.34. The van der Waals surface area contributed by atoms with E-state index in [1.54, 1.807) is 31.2 Å². The molecule has 0 saturated carbocycles. The first kappa shape index (κ1) is 21.0. The summed E-state index contributed by atoms with van der Waals surface area (Å²) in [7, 11) is 1.50. The number of para-hydroxylation sites is 1. The maximum Gasteiger partial charge on any atom is 0.337 e. The third-order valence-electron chi connectivity index (χ3n) is 4.32. The zero-order valence-corrected chi connectivity index (χ0v) is 16.9. The lowest BCUT2D eigenvalue weighted by Crippen LogP contribution is -2.21. The first-order valence-electron chi connectivity index (χ1n) is 8.75. The molecule has 152 valence electrons. The number of hydrogen-bond donors (Lipinski definition) is 1. The van der Waals surface area contributed by atoms with Gasteiger partial charge in [0.25, 0.3) is 5.91 Å². The van der Waals surface area contributed by atoms with Gasteiger partial charge in [-0.3, -0.25) is 4.79 Å². The van der Waals surface area contributed by atoms with Crippen molar-refractivity contribution >= 4 is 41.0 Å². The zero-order chi connectivity index (χ0) is 21.8. The number of carboxylic acid groups (broad SMARTS) is 1. The summed E-state index contributed by atoms with van der Waals surface area (Å²) in [6, 6.07) is 9.48. The van der Waals surface area contributed by atoms with E-state index < -0.39 is 11.9 Å². The van der Waals surface area contributed by atoms with Crippen LogP contribution in [0.25, 0.3) is 6.08 Å². The number of anilines is 1. The smallest absolute Gasteiger partial charge is 0.337 e. The molecule has 1 N–H and O–H groups in total. The van der Waals surface area contributed by atoms with Crippen molar-refractivity contribution in [3.63, 3.8) is 0 Å². The summed E-state index contributed by atoms with van der Waals surface area (Å²) < 4.78 is 10.9. The predicted octanol–water partition coefficient (Wildman–Crippen LogP) is 3.86. The van der Waals surface area contributed by atoms with Gasteiger partial charge in [0.2, 0.25) is 0 Å². The van der Waals surface area contributed by atoms with Crippen LogP contribution in [0.5, 0.6) is 11.5 Å². The van der Waals surface area contributed by atoms with E-state index in [-0.39, 0.29) is 17.2 Å². The van der Waals surface area contributed by atoms with Crippen LogP contribution in [-0.2, 0) is 4.79 Å². The van der Waals surface area contributed by atoms with Crippen molar-refractivity contribution in [1.29, 1.82) is 0 Å². The molecule has 7 nitrogen and oxygen atoms in total. The number of rotatable bonds is 6. The number of halogens is 1. The number of nitrogens with zero attached hydrogens (tertiary/aromatic N) is 2. The van der Waals surface area contributed by atoms with E-state index >= 15 is 0 Å². The average Bonchev–Trinajstić information content (AvgIpc) is 3.01. The van der Waals surface area contributed by atoms with E-state index in [0.29, 0.717) is 34.0 Å². The molecule has 0 unspecified atom stereocenters.